The molecule has 37 heavy (non-hydrogen) atoms. The minimum absolute atomic E-state index is 0.0417. The Bertz CT molecular complexity index is 1180. The average molecular weight is 573 g/mol. The number of carbonyl (C=O) groups excluding carboxylic acids is 2. The van der Waals surface area contributed by atoms with Gasteiger partial charge in [-0.15, -0.1) is 0 Å². The van der Waals surface area contributed by atoms with E-state index in [2.05, 4.69) is 5.32 Å². The Morgan fingerprint density at radius 1 is 1.05 bits per heavy atom. The molecule has 204 valence electrons. The minimum Gasteiger partial charge on any atom is -0.492 e. The van der Waals surface area contributed by atoms with E-state index in [9.17, 15) is 18.0 Å². The van der Waals surface area contributed by atoms with Crippen molar-refractivity contribution in [2.45, 2.75) is 52.6 Å². The lowest BCUT2D eigenvalue weighted by Gasteiger charge is -2.31. The van der Waals surface area contributed by atoms with E-state index in [1.54, 1.807) is 42.5 Å². The molecule has 0 aromatic heterocycles. The van der Waals surface area contributed by atoms with Crippen LogP contribution in [0.3, 0.4) is 0 Å². The van der Waals surface area contributed by atoms with Crippen molar-refractivity contribution in [2.24, 2.45) is 0 Å². The molecule has 1 N–H and O–H groups in total. The molecule has 0 aliphatic rings. The lowest BCUT2D eigenvalue weighted by Crippen LogP contribution is -2.49. The fourth-order valence-electron chi connectivity index (χ4n) is 3.97. The number of hydrogen-bond acceptors (Lipinski definition) is 5. The summed E-state index contributed by atoms with van der Waals surface area (Å²) < 4.78 is 32.1. The number of hydrogen-bond donors (Lipinski definition) is 1. The summed E-state index contributed by atoms with van der Waals surface area (Å²) in [4.78, 5) is 27.7. The zero-order chi connectivity index (χ0) is 27.6. The van der Waals surface area contributed by atoms with Crippen molar-refractivity contribution in [3.8, 4) is 5.75 Å². The second-order valence-corrected chi connectivity index (χ2v) is 11.1. The summed E-state index contributed by atoms with van der Waals surface area (Å²) in [6, 6.07) is 11.3. The van der Waals surface area contributed by atoms with Gasteiger partial charge in [-0.25, -0.2) is 8.42 Å². The number of nitrogens with one attached hydrogen (secondary N) is 1. The number of amides is 2. The molecule has 0 aliphatic carbocycles. The third-order valence-electron chi connectivity index (χ3n) is 5.66. The van der Waals surface area contributed by atoms with Crippen LogP contribution in [0.25, 0.3) is 0 Å². The van der Waals surface area contributed by atoms with E-state index in [-0.39, 0.29) is 37.7 Å². The van der Waals surface area contributed by atoms with Gasteiger partial charge in [-0.1, -0.05) is 48.3 Å². The van der Waals surface area contributed by atoms with Crippen LogP contribution in [0.15, 0.2) is 42.5 Å². The molecule has 11 heteroatoms. The Morgan fingerprint density at radius 2 is 1.76 bits per heavy atom. The van der Waals surface area contributed by atoms with Crippen molar-refractivity contribution >= 4 is 50.7 Å². The summed E-state index contributed by atoms with van der Waals surface area (Å²) in [6.45, 7) is 6.53. The van der Waals surface area contributed by atoms with Crippen LogP contribution in [0.4, 0.5) is 5.69 Å². The van der Waals surface area contributed by atoms with Gasteiger partial charge in [-0.2, -0.15) is 0 Å². The largest absolute Gasteiger partial charge is 0.492 e. The number of ether oxygens (including phenoxy) is 1. The van der Waals surface area contributed by atoms with Crippen LogP contribution in [-0.2, 0) is 26.2 Å². The number of anilines is 1. The third-order valence-corrected chi connectivity index (χ3v) is 7.58. The standard InChI is InChI=1S/C26H35Cl2N3O5S/c1-5-22(26(33)29-6-2)30(18-19-14-15-20(27)21(28)17-19)25(32)13-10-16-31(37(4,34)35)23-11-8-9-12-24(23)36-7-3/h8-9,11-12,14-15,17,22H,5-7,10,13,16,18H2,1-4H3,(H,29,33). The van der Waals surface area contributed by atoms with Crippen molar-refractivity contribution in [3.63, 3.8) is 0 Å². The van der Waals surface area contributed by atoms with E-state index >= 15 is 0 Å². The molecule has 0 saturated carbocycles. The highest BCUT2D eigenvalue weighted by Gasteiger charge is 2.29. The van der Waals surface area contributed by atoms with E-state index < -0.39 is 16.1 Å². The zero-order valence-electron chi connectivity index (χ0n) is 21.7. The highest BCUT2D eigenvalue weighted by Crippen LogP contribution is 2.30. The molecule has 0 heterocycles. The number of benzene rings is 2. The maximum absolute atomic E-state index is 13.4. The summed E-state index contributed by atoms with van der Waals surface area (Å²) in [6.07, 6.45) is 1.82. The highest BCUT2D eigenvalue weighted by atomic mass is 35.5. The van der Waals surface area contributed by atoms with E-state index in [1.165, 1.54) is 9.21 Å². The van der Waals surface area contributed by atoms with E-state index in [4.69, 9.17) is 27.9 Å². The smallest absolute Gasteiger partial charge is 0.242 e. The molecule has 0 saturated heterocycles. The fourth-order valence-corrected chi connectivity index (χ4v) is 5.26. The van der Waals surface area contributed by atoms with Gasteiger partial charge >= 0.3 is 0 Å². The van der Waals surface area contributed by atoms with Gasteiger partial charge < -0.3 is 15.0 Å². The van der Waals surface area contributed by atoms with Crippen molar-refractivity contribution < 1.29 is 22.7 Å². The van der Waals surface area contributed by atoms with Gasteiger partial charge in [0.2, 0.25) is 21.8 Å². The lowest BCUT2D eigenvalue weighted by molar-refractivity contribution is -0.141. The molecule has 0 fully saturated rings. The normalized spacial score (nSPS) is 12.1. The number of nitrogens with zero attached hydrogens (tertiary/aromatic N) is 2. The molecule has 2 rings (SSSR count). The molecule has 0 radical (unpaired) electrons. The molecule has 2 amide bonds. The first-order valence-corrected chi connectivity index (χ1v) is 14.8. The number of rotatable bonds is 14. The predicted molar refractivity (Wildman–Crippen MR) is 149 cm³/mol. The highest BCUT2D eigenvalue weighted by molar-refractivity contribution is 7.92. The second kappa shape index (κ2) is 14.4. The van der Waals surface area contributed by atoms with Gasteiger partial charge in [0.15, 0.2) is 0 Å². The van der Waals surface area contributed by atoms with Crippen LogP contribution in [0.2, 0.25) is 10.0 Å². The van der Waals surface area contributed by atoms with Crippen LogP contribution < -0.4 is 14.4 Å². The van der Waals surface area contributed by atoms with Gasteiger partial charge in [-0.3, -0.25) is 13.9 Å². The molecule has 1 unspecified atom stereocenters. The maximum atomic E-state index is 13.4. The van der Waals surface area contributed by atoms with Crippen molar-refractivity contribution in [3.05, 3.63) is 58.1 Å². The number of para-hydroxylation sites is 2. The predicted octanol–water partition coefficient (Wildman–Crippen LogP) is 4.88. The summed E-state index contributed by atoms with van der Waals surface area (Å²) in [5.41, 5.74) is 1.15. The monoisotopic (exact) mass is 571 g/mol. The van der Waals surface area contributed by atoms with Crippen LogP contribution in [0, 0.1) is 0 Å². The van der Waals surface area contributed by atoms with E-state index in [0.717, 1.165) is 11.8 Å². The number of likely N-dealkylation sites (N-methyl/N-ethyl adjacent to an activating group) is 1. The fraction of sp³-hybridized carbons (Fsp3) is 0.462. The quantitative estimate of drug-likeness (QED) is 0.348. The Kier molecular flexibility index (Phi) is 12.0. The van der Waals surface area contributed by atoms with Crippen LogP contribution in [0.1, 0.15) is 45.6 Å². The SMILES string of the molecule is CCNC(=O)C(CC)N(Cc1ccc(Cl)c(Cl)c1)C(=O)CCCN(c1ccccc1OCC)S(C)(=O)=O. The zero-order valence-corrected chi connectivity index (χ0v) is 24.0. The molecular formula is C26H35Cl2N3O5S. The Balaban J connectivity index is 2.26. The molecule has 2 aromatic carbocycles. The summed E-state index contributed by atoms with van der Waals surface area (Å²) >= 11 is 12.2. The summed E-state index contributed by atoms with van der Waals surface area (Å²) in [5, 5.41) is 3.54. The molecule has 0 spiro atoms. The maximum Gasteiger partial charge on any atom is 0.242 e. The molecule has 8 nitrogen and oxygen atoms in total. The summed E-state index contributed by atoms with van der Waals surface area (Å²) in [5.74, 6) is -0.0668. The molecular weight excluding hydrogens is 537 g/mol. The molecule has 1 atom stereocenters. The van der Waals surface area contributed by atoms with E-state index in [1.807, 2.05) is 20.8 Å². The Labute approximate surface area is 229 Å². The van der Waals surface area contributed by atoms with Crippen molar-refractivity contribution in [1.29, 1.82) is 0 Å². The average Bonchev–Trinajstić information content (AvgIpc) is 2.84. The molecule has 0 aliphatic heterocycles. The topological polar surface area (TPSA) is 96.0 Å². The first-order chi connectivity index (χ1) is 17.5. The number of carbonyl (C=O) groups is 2. The van der Waals surface area contributed by atoms with Gasteiger partial charge in [0.25, 0.3) is 0 Å². The minimum atomic E-state index is -3.64. The Morgan fingerprint density at radius 3 is 2.35 bits per heavy atom. The van der Waals surface area contributed by atoms with Gasteiger partial charge in [0, 0.05) is 26.1 Å². The first-order valence-electron chi connectivity index (χ1n) is 12.2. The third kappa shape index (κ3) is 8.79. The Hall–Kier alpha value is -2.49. The summed E-state index contributed by atoms with van der Waals surface area (Å²) in [7, 11) is -3.64. The van der Waals surface area contributed by atoms with Gasteiger partial charge in [-0.05, 0) is 56.5 Å². The number of halogens is 2. The van der Waals surface area contributed by atoms with Crippen LogP contribution in [-0.4, -0.2) is 57.1 Å². The van der Waals surface area contributed by atoms with Gasteiger partial charge in [0.05, 0.1) is 28.6 Å². The molecule has 2 aromatic rings. The van der Waals surface area contributed by atoms with Crippen molar-refractivity contribution in [2.75, 3.05) is 30.3 Å². The van der Waals surface area contributed by atoms with E-state index in [0.29, 0.717) is 41.1 Å². The number of sulfonamides is 1. The first kappa shape index (κ1) is 30.7. The van der Waals surface area contributed by atoms with Crippen LogP contribution in [0.5, 0.6) is 5.75 Å². The van der Waals surface area contributed by atoms with Gasteiger partial charge in [0.1, 0.15) is 11.8 Å². The molecule has 0 bridgehead atoms. The van der Waals surface area contributed by atoms with Crippen molar-refractivity contribution in [1.82, 2.24) is 10.2 Å². The lowest BCUT2D eigenvalue weighted by atomic mass is 10.1. The van der Waals surface area contributed by atoms with Crippen LogP contribution >= 0.6 is 23.2 Å². The second-order valence-electron chi connectivity index (χ2n) is 8.43.